The van der Waals surface area contributed by atoms with Crippen molar-refractivity contribution in [3.8, 4) is 0 Å². The zero-order valence-corrected chi connectivity index (χ0v) is 12.0. The van der Waals surface area contributed by atoms with Gasteiger partial charge in [-0.15, -0.1) is 0 Å². The van der Waals surface area contributed by atoms with Crippen molar-refractivity contribution in [2.24, 2.45) is 11.7 Å². The van der Waals surface area contributed by atoms with E-state index in [1.807, 2.05) is 6.92 Å². The highest BCUT2D eigenvalue weighted by atomic mass is 16.5. The fraction of sp³-hybridized carbons (Fsp3) is 0.923. The van der Waals surface area contributed by atoms with Gasteiger partial charge >= 0.3 is 5.97 Å². The lowest BCUT2D eigenvalue weighted by atomic mass is 9.81. The number of carbonyl (C=O) groups excluding carboxylic acids is 1. The third-order valence-corrected chi connectivity index (χ3v) is 3.76. The Hall–Kier alpha value is -0.610. The van der Waals surface area contributed by atoms with E-state index < -0.39 is 0 Å². The molecule has 0 saturated carbocycles. The first-order valence-electron chi connectivity index (χ1n) is 6.63. The van der Waals surface area contributed by atoms with Crippen molar-refractivity contribution in [3.05, 3.63) is 0 Å². The van der Waals surface area contributed by atoms with E-state index in [0.29, 0.717) is 13.2 Å². The summed E-state index contributed by atoms with van der Waals surface area (Å²) in [5, 5.41) is 0. The molecule has 0 aliphatic heterocycles. The molecule has 0 aliphatic carbocycles. The largest absolute Gasteiger partial charge is 0.466 e. The summed E-state index contributed by atoms with van der Waals surface area (Å²) in [6, 6.07) is 0. The minimum atomic E-state index is -0.257. The maximum Gasteiger partial charge on any atom is 0.312 e. The molecule has 102 valence electrons. The highest BCUT2D eigenvalue weighted by molar-refractivity contribution is 5.74. The molecule has 0 aromatic rings. The predicted octanol–water partition coefficient (Wildman–Crippen LogP) is 1.63. The van der Waals surface area contributed by atoms with Gasteiger partial charge in [0.15, 0.2) is 0 Å². The standard InChI is InChI=1S/C13H28N2O2/c1-6-13(5,15(7-2)8-3)11(10-14)12(16)17-9-4/h11H,6-10,14H2,1-5H3/t11-,13-/m1/s1. The van der Waals surface area contributed by atoms with E-state index in [1.54, 1.807) is 0 Å². The third kappa shape index (κ3) is 3.68. The highest BCUT2D eigenvalue weighted by Crippen LogP contribution is 2.29. The Kier molecular flexibility index (Phi) is 7.39. The van der Waals surface area contributed by atoms with Gasteiger partial charge < -0.3 is 10.5 Å². The molecule has 2 N–H and O–H groups in total. The molecule has 0 saturated heterocycles. The van der Waals surface area contributed by atoms with Gasteiger partial charge in [0.25, 0.3) is 0 Å². The summed E-state index contributed by atoms with van der Waals surface area (Å²) in [6.07, 6.45) is 0.884. The fourth-order valence-corrected chi connectivity index (χ4v) is 2.48. The Morgan fingerprint density at radius 1 is 1.29 bits per heavy atom. The first-order valence-corrected chi connectivity index (χ1v) is 6.63. The van der Waals surface area contributed by atoms with Crippen LogP contribution in [0.5, 0.6) is 0 Å². The van der Waals surface area contributed by atoms with Crippen molar-refractivity contribution in [1.82, 2.24) is 4.90 Å². The lowest BCUT2D eigenvalue weighted by molar-refractivity contribution is -0.153. The van der Waals surface area contributed by atoms with E-state index in [0.717, 1.165) is 19.5 Å². The normalized spacial score (nSPS) is 16.6. The first-order chi connectivity index (χ1) is 8.01. The van der Waals surface area contributed by atoms with Crippen LogP contribution < -0.4 is 5.73 Å². The Morgan fingerprint density at radius 3 is 2.12 bits per heavy atom. The van der Waals surface area contributed by atoms with Crippen LogP contribution in [-0.4, -0.2) is 42.6 Å². The van der Waals surface area contributed by atoms with E-state index in [2.05, 4.69) is 32.6 Å². The summed E-state index contributed by atoms with van der Waals surface area (Å²) in [5.74, 6) is -0.432. The summed E-state index contributed by atoms with van der Waals surface area (Å²) in [4.78, 5) is 14.3. The monoisotopic (exact) mass is 244 g/mol. The van der Waals surface area contributed by atoms with E-state index in [-0.39, 0.29) is 17.4 Å². The van der Waals surface area contributed by atoms with Crippen LogP contribution in [0, 0.1) is 5.92 Å². The van der Waals surface area contributed by atoms with Gasteiger partial charge in [-0.1, -0.05) is 20.8 Å². The van der Waals surface area contributed by atoms with Crippen LogP contribution in [-0.2, 0) is 9.53 Å². The second kappa shape index (κ2) is 7.67. The van der Waals surface area contributed by atoms with E-state index in [1.165, 1.54) is 0 Å². The molecule has 17 heavy (non-hydrogen) atoms. The van der Waals surface area contributed by atoms with Crippen LogP contribution in [0.25, 0.3) is 0 Å². The summed E-state index contributed by atoms with van der Waals surface area (Å²) < 4.78 is 5.14. The van der Waals surface area contributed by atoms with Crippen molar-refractivity contribution >= 4 is 5.97 Å². The number of carbonyl (C=O) groups is 1. The number of rotatable bonds is 8. The summed E-state index contributed by atoms with van der Waals surface area (Å²) >= 11 is 0. The molecule has 0 spiro atoms. The van der Waals surface area contributed by atoms with Crippen molar-refractivity contribution in [1.29, 1.82) is 0 Å². The summed E-state index contributed by atoms with van der Waals surface area (Å²) in [5.41, 5.74) is 5.57. The van der Waals surface area contributed by atoms with E-state index in [4.69, 9.17) is 10.5 Å². The maximum absolute atomic E-state index is 12.0. The molecule has 0 unspecified atom stereocenters. The van der Waals surface area contributed by atoms with Gasteiger partial charge in [0.1, 0.15) is 0 Å². The zero-order valence-electron chi connectivity index (χ0n) is 12.0. The van der Waals surface area contributed by atoms with Crippen LogP contribution in [0.15, 0.2) is 0 Å². The lowest BCUT2D eigenvalue weighted by Gasteiger charge is -2.44. The Morgan fingerprint density at radius 2 is 1.82 bits per heavy atom. The molecule has 0 heterocycles. The average Bonchev–Trinajstić information content (AvgIpc) is 2.31. The minimum absolute atomic E-state index is 0.175. The topological polar surface area (TPSA) is 55.6 Å². The maximum atomic E-state index is 12.0. The van der Waals surface area contributed by atoms with Crippen molar-refractivity contribution in [2.75, 3.05) is 26.2 Å². The van der Waals surface area contributed by atoms with Gasteiger partial charge in [0.2, 0.25) is 0 Å². The second-order valence-corrected chi connectivity index (χ2v) is 4.42. The molecular formula is C13H28N2O2. The number of ether oxygens (including phenoxy) is 1. The number of hydrogen-bond acceptors (Lipinski definition) is 4. The zero-order chi connectivity index (χ0) is 13.5. The van der Waals surface area contributed by atoms with Gasteiger partial charge in [-0.05, 0) is 33.4 Å². The number of nitrogens with two attached hydrogens (primary N) is 1. The van der Waals surface area contributed by atoms with E-state index in [9.17, 15) is 4.79 Å². The number of esters is 1. The fourth-order valence-electron chi connectivity index (χ4n) is 2.48. The van der Waals surface area contributed by atoms with Crippen LogP contribution in [0.1, 0.15) is 41.0 Å². The molecule has 0 radical (unpaired) electrons. The molecule has 4 heteroatoms. The van der Waals surface area contributed by atoms with Crippen LogP contribution in [0.3, 0.4) is 0 Å². The van der Waals surface area contributed by atoms with Gasteiger partial charge in [-0.3, -0.25) is 9.69 Å². The molecule has 0 fully saturated rings. The summed E-state index contributed by atoms with van der Waals surface area (Å²) in [7, 11) is 0. The first kappa shape index (κ1) is 16.4. The van der Waals surface area contributed by atoms with Gasteiger partial charge in [-0.25, -0.2) is 0 Å². The van der Waals surface area contributed by atoms with Gasteiger partial charge in [-0.2, -0.15) is 0 Å². The molecule has 0 amide bonds. The molecule has 0 aromatic heterocycles. The smallest absolute Gasteiger partial charge is 0.312 e. The molecule has 2 atom stereocenters. The molecular weight excluding hydrogens is 216 g/mol. The van der Waals surface area contributed by atoms with Gasteiger partial charge in [0.05, 0.1) is 12.5 Å². The highest BCUT2D eigenvalue weighted by Gasteiger charge is 2.41. The van der Waals surface area contributed by atoms with E-state index >= 15 is 0 Å². The van der Waals surface area contributed by atoms with Gasteiger partial charge in [0, 0.05) is 12.1 Å². The van der Waals surface area contributed by atoms with Crippen LogP contribution >= 0.6 is 0 Å². The van der Waals surface area contributed by atoms with Crippen molar-refractivity contribution in [2.45, 2.75) is 46.6 Å². The van der Waals surface area contributed by atoms with Crippen LogP contribution in [0.4, 0.5) is 0 Å². The third-order valence-electron chi connectivity index (χ3n) is 3.76. The molecule has 0 rings (SSSR count). The summed E-state index contributed by atoms with van der Waals surface area (Å²) in [6.45, 7) is 12.8. The number of nitrogens with zero attached hydrogens (tertiary/aromatic N) is 1. The second-order valence-electron chi connectivity index (χ2n) is 4.42. The quantitative estimate of drug-likeness (QED) is 0.659. The average molecular weight is 244 g/mol. The Labute approximate surface area is 105 Å². The molecule has 0 aromatic carbocycles. The SMILES string of the molecule is CCOC(=O)[C@@H](CN)[C@@](C)(CC)N(CC)CC. The Balaban J connectivity index is 5.07. The molecule has 4 nitrogen and oxygen atoms in total. The minimum Gasteiger partial charge on any atom is -0.466 e. The van der Waals surface area contributed by atoms with Crippen molar-refractivity contribution < 1.29 is 9.53 Å². The molecule has 0 aliphatic rings. The van der Waals surface area contributed by atoms with Crippen LogP contribution in [0.2, 0.25) is 0 Å². The predicted molar refractivity (Wildman–Crippen MR) is 70.8 cm³/mol. The lowest BCUT2D eigenvalue weighted by Crippen LogP contribution is -2.56. The van der Waals surface area contributed by atoms with Crippen molar-refractivity contribution in [3.63, 3.8) is 0 Å². The Bertz CT molecular complexity index is 229. The molecule has 0 bridgehead atoms. The number of hydrogen-bond donors (Lipinski definition) is 1.